The summed E-state index contributed by atoms with van der Waals surface area (Å²) in [5.74, 6) is -4.11. The molecular weight excluding hydrogens is 491 g/mol. The van der Waals surface area contributed by atoms with Crippen LogP contribution < -0.4 is 10.6 Å². The molecule has 0 saturated carbocycles. The molecule has 1 aliphatic rings. The lowest BCUT2D eigenvalue weighted by molar-refractivity contribution is 0.425. The first-order chi connectivity index (χ1) is 18.2. The van der Waals surface area contributed by atoms with Gasteiger partial charge in [0.1, 0.15) is 17.6 Å². The average Bonchev–Trinajstić information content (AvgIpc) is 2.90. The largest absolute Gasteiger partial charge is 0.506 e. The molecule has 0 spiro atoms. The summed E-state index contributed by atoms with van der Waals surface area (Å²) in [5.41, 5.74) is 8.44. The van der Waals surface area contributed by atoms with E-state index < -0.39 is 40.2 Å². The summed E-state index contributed by atoms with van der Waals surface area (Å²) in [5, 5.41) is 30.1. The van der Waals surface area contributed by atoms with Gasteiger partial charge in [0.25, 0.3) is 0 Å². The summed E-state index contributed by atoms with van der Waals surface area (Å²) in [6.07, 6.45) is 2.16. The Morgan fingerprint density at radius 2 is 1.87 bits per heavy atom. The average molecular weight is 514 g/mol. The molecule has 0 amide bonds. The number of halogens is 3. The maximum Gasteiger partial charge on any atom is 0.170 e. The van der Waals surface area contributed by atoms with Crippen molar-refractivity contribution in [3.8, 4) is 40.1 Å². The number of rotatable bonds is 3. The molecule has 9 heteroatoms. The Morgan fingerprint density at radius 3 is 2.58 bits per heavy atom. The maximum absolute atomic E-state index is 14.9. The second-order valence-corrected chi connectivity index (χ2v) is 9.46. The minimum absolute atomic E-state index is 0.129. The van der Waals surface area contributed by atoms with Gasteiger partial charge in [-0.1, -0.05) is 12.1 Å². The lowest BCUT2D eigenvalue weighted by Crippen LogP contribution is -2.46. The van der Waals surface area contributed by atoms with E-state index in [1.165, 1.54) is 18.2 Å². The molecule has 0 bridgehead atoms. The van der Waals surface area contributed by atoms with Crippen molar-refractivity contribution in [2.24, 2.45) is 11.7 Å². The van der Waals surface area contributed by atoms with Gasteiger partial charge in [0.05, 0.1) is 34.3 Å². The van der Waals surface area contributed by atoms with Gasteiger partial charge in [-0.05, 0) is 60.4 Å². The van der Waals surface area contributed by atoms with E-state index >= 15 is 0 Å². The number of aryl methyl sites for hydroxylation is 1. The number of benzene rings is 3. The lowest BCUT2D eigenvalue weighted by Gasteiger charge is -2.37. The van der Waals surface area contributed by atoms with Crippen molar-refractivity contribution in [2.45, 2.75) is 19.4 Å². The van der Waals surface area contributed by atoms with Crippen LogP contribution in [0.15, 0.2) is 48.7 Å². The zero-order valence-corrected chi connectivity index (χ0v) is 20.3. The van der Waals surface area contributed by atoms with Crippen molar-refractivity contribution in [1.82, 2.24) is 4.98 Å². The zero-order valence-electron chi connectivity index (χ0n) is 20.3. The number of phenolic OH excluding ortho intramolecular Hbond substituents is 1. The van der Waals surface area contributed by atoms with Crippen LogP contribution in [-0.4, -0.2) is 29.2 Å². The first kappa shape index (κ1) is 25.1. The van der Waals surface area contributed by atoms with Gasteiger partial charge in [0, 0.05) is 36.3 Å². The number of nitriles is 2. The van der Waals surface area contributed by atoms with Crippen molar-refractivity contribution >= 4 is 16.6 Å². The molecule has 1 aliphatic heterocycles. The molecule has 190 valence electrons. The number of phenols is 1. The standard InChI is InChI=1S/C29H22F3N5O/c1-15-6-17(8-20(30)7-15)22-13-36-25-3-2-16(26-27(32)23(31)10-18(11-33)29(26)38)9-21(25)28(22)37-5-4-24(35)19(12-34)14-37/h2-3,6-10,13,19,24,38H,4-5,14,35H2,1H3/t19-,24+/m1/s1. The Labute approximate surface area is 217 Å². The van der Waals surface area contributed by atoms with E-state index in [-0.39, 0.29) is 11.6 Å². The van der Waals surface area contributed by atoms with Crippen LogP contribution >= 0.6 is 0 Å². The zero-order chi connectivity index (χ0) is 27.1. The first-order valence-corrected chi connectivity index (χ1v) is 11.9. The topological polar surface area (TPSA) is 110 Å². The first-order valence-electron chi connectivity index (χ1n) is 11.9. The second-order valence-electron chi connectivity index (χ2n) is 9.46. The van der Waals surface area contributed by atoms with E-state index in [2.05, 4.69) is 11.1 Å². The van der Waals surface area contributed by atoms with E-state index in [1.807, 2.05) is 11.0 Å². The van der Waals surface area contributed by atoms with E-state index in [0.717, 1.165) is 0 Å². The Kier molecular flexibility index (Phi) is 6.40. The quantitative estimate of drug-likeness (QED) is 0.372. The van der Waals surface area contributed by atoms with E-state index in [0.29, 0.717) is 58.9 Å². The Balaban J connectivity index is 1.81. The van der Waals surface area contributed by atoms with Gasteiger partial charge in [-0.15, -0.1) is 0 Å². The predicted molar refractivity (Wildman–Crippen MR) is 138 cm³/mol. The normalized spacial score (nSPS) is 17.3. The lowest BCUT2D eigenvalue weighted by atomic mass is 9.91. The predicted octanol–water partition coefficient (Wildman–Crippen LogP) is 5.55. The van der Waals surface area contributed by atoms with Crippen LogP contribution in [0.1, 0.15) is 17.5 Å². The van der Waals surface area contributed by atoms with Crippen molar-refractivity contribution in [3.05, 3.63) is 77.2 Å². The number of piperidine rings is 1. The van der Waals surface area contributed by atoms with Crippen LogP contribution in [0.2, 0.25) is 0 Å². The molecule has 38 heavy (non-hydrogen) atoms. The van der Waals surface area contributed by atoms with Crippen molar-refractivity contribution in [3.63, 3.8) is 0 Å². The number of aromatic nitrogens is 1. The maximum atomic E-state index is 14.9. The van der Waals surface area contributed by atoms with Gasteiger partial charge >= 0.3 is 0 Å². The smallest absolute Gasteiger partial charge is 0.170 e. The summed E-state index contributed by atoms with van der Waals surface area (Å²) in [6, 6.07) is 13.5. The molecule has 0 unspecified atom stereocenters. The molecule has 0 radical (unpaired) electrons. The van der Waals surface area contributed by atoms with Crippen LogP contribution in [0.3, 0.4) is 0 Å². The highest BCUT2D eigenvalue weighted by molar-refractivity contribution is 6.02. The molecule has 5 rings (SSSR count). The van der Waals surface area contributed by atoms with E-state index in [9.17, 15) is 28.8 Å². The van der Waals surface area contributed by atoms with Crippen LogP contribution in [0.5, 0.6) is 5.75 Å². The van der Waals surface area contributed by atoms with E-state index in [4.69, 9.17) is 5.73 Å². The number of pyridine rings is 1. The summed E-state index contributed by atoms with van der Waals surface area (Å²) in [7, 11) is 0. The van der Waals surface area contributed by atoms with Gasteiger partial charge in [-0.25, -0.2) is 13.2 Å². The summed E-state index contributed by atoms with van der Waals surface area (Å²) in [6.45, 7) is 2.58. The SMILES string of the molecule is Cc1cc(F)cc(-c2cnc3ccc(-c4c(O)c(C#N)cc(F)c4F)cc3c2N2CC[C@H](N)[C@H](C#N)C2)c1. The summed E-state index contributed by atoms with van der Waals surface area (Å²) >= 11 is 0. The van der Waals surface area contributed by atoms with Gasteiger partial charge in [0.2, 0.25) is 0 Å². The molecule has 1 saturated heterocycles. The molecule has 3 aromatic carbocycles. The van der Waals surface area contributed by atoms with Gasteiger partial charge in [0.15, 0.2) is 11.6 Å². The van der Waals surface area contributed by atoms with Gasteiger partial charge < -0.3 is 15.7 Å². The number of hydrogen-bond acceptors (Lipinski definition) is 6. The monoisotopic (exact) mass is 513 g/mol. The number of hydrogen-bond donors (Lipinski definition) is 2. The van der Waals surface area contributed by atoms with Crippen molar-refractivity contribution in [2.75, 3.05) is 18.0 Å². The van der Waals surface area contributed by atoms with E-state index in [1.54, 1.807) is 31.3 Å². The molecule has 2 heterocycles. The van der Waals surface area contributed by atoms with Crippen molar-refractivity contribution < 1.29 is 18.3 Å². The molecule has 1 aromatic heterocycles. The minimum Gasteiger partial charge on any atom is -0.506 e. The highest BCUT2D eigenvalue weighted by atomic mass is 19.2. The van der Waals surface area contributed by atoms with Crippen LogP contribution in [0, 0.1) is 53.0 Å². The number of aromatic hydroxyl groups is 1. The number of nitrogens with two attached hydrogens (primary N) is 1. The third kappa shape index (κ3) is 4.27. The molecule has 3 N–H and O–H groups in total. The fraction of sp³-hybridized carbons (Fsp3) is 0.207. The fourth-order valence-electron chi connectivity index (χ4n) is 5.05. The highest BCUT2D eigenvalue weighted by Gasteiger charge is 2.30. The molecular formula is C29H22F3N5O. The Hall–Kier alpha value is -4.60. The number of fused-ring (bicyclic) bond motifs is 1. The second kappa shape index (κ2) is 9.70. The number of anilines is 1. The molecule has 0 aliphatic carbocycles. The molecule has 1 fully saturated rings. The minimum atomic E-state index is -1.29. The van der Waals surface area contributed by atoms with Gasteiger partial charge in [-0.3, -0.25) is 4.98 Å². The highest BCUT2D eigenvalue weighted by Crippen LogP contribution is 2.42. The van der Waals surface area contributed by atoms with Crippen LogP contribution in [0.4, 0.5) is 18.9 Å². The Morgan fingerprint density at radius 1 is 1.08 bits per heavy atom. The molecule has 2 atom stereocenters. The third-order valence-corrected chi connectivity index (χ3v) is 6.94. The molecule has 6 nitrogen and oxygen atoms in total. The van der Waals surface area contributed by atoms with Crippen LogP contribution in [-0.2, 0) is 0 Å². The molecule has 4 aromatic rings. The van der Waals surface area contributed by atoms with Crippen LogP contribution in [0.25, 0.3) is 33.2 Å². The van der Waals surface area contributed by atoms with Crippen molar-refractivity contribution in [1.29, 1.82) is 10.5 Å². The Bertz CT molecular complexity index is 1650. The van der Waals surface area contributed by atoms with Gasteiger partial charge in [-0.2, -0.15) is 10.5 Å². The summed E-state index contributed by atoms with van der Waals surface area (Å²) < 4.78 is 43.7. The summed E-state index contributed by atoms with van der Waals surface area (Å²) in [4.78, 5) is 6.51. The fourth-order valence-corrected chi connectivity index (χ4v) is 5.05. The number of nitrogens with zero attached hydrogens (tertiary/aromatic N) is 4. The third-order valence-electron chi connectivity index (χ3n) is 6.94.